The van der Waals surface area contributed by atoms with Crippen molar-refractivity contribution in [3.63, 3.8) is 0 Å². The quantitative estimate of drug-likeness (QED) is 0.717. The third kappa shape index (κ3) is 3.99. The molecule has 0 spiro atoms. The molecule has 0 aliphatic carbocycles. The van der Waals surface area contributed by atoms with Crippen LogP contribution in [-0.4, -0.2) is 6.29 Å². The van der Waals surface area contributed by atoms with E-state index in [9.17, 15) is 4.79 Å². The van der Waals surface area contributed by atoms with E-state index >= 15 is 0 Å². The van der Waals surface area contributed by atoms with Gasteiger partial charge in [0.25, 0.3) is 0 Å². The summed E-state index contributed by atoms with van der Waals surface area (Å²) in [6.07, 6.45) is 1.94. The van der Waals surface area contributed by atoms with Crippen molar-refractivity contribution < 1.29 is 4.79 Å². The molecule has 0 N–H and O–H groups in total. The first-order valence-electron chi connectivity index (χ1n) is 6.39. The van der Waals surface area contributed by atoms with Crippen LogP contribution in [0.5, 0.6) is 0 Å². The van der Waals surface area contributed by atoms with Gasteiger partial charge in [-0.05, 0) is 28.9 Å². The highest BCUT2D eigenvalue weighted by atomic mass is 16.1. The lowest BCUT2D eigenvalue weighted by Crippen LogP contribution is -2.14. The van der Waals surface area contributed by atoms with E-state index in [4.69, 9.17) is 0 Å². The van der Waals surface area contributed by atoms with Crippen LogP contribution in [0.25, 0.3) is 0 Å². The molecule has 0 heterocycles. The van der Waals surface area contributed by atoms with Gasteiger partial charge in [0, 0.05) is 5.92 Å². The number of rotatable bonds is 4. The fourth-order valence-electron chi connectivity index (χ4n) is 1.85. The highest BCUT2D eigenvalue weighted by Gasteiger charge is 2.15. The van der Waals surface area contributed by atoms with Gasteiger partial charge in [-0.15, -0.1) is 0 Å². The molecular weight excluding hydrogens is 208 g/mol. The molecule has 1 heteroatoms. The second kappa shape index (κ2) is 5.48. The molecule has 1 nitrogen and oxygen atoms in total. The molecule has 0 saturated heterocycles. The summed E-state index contributed by atoms with van der Waals surface area (Å²) in [6.45, 7) is 10.8. The van der Waals surface area contributed by atoms with Gasteiger partial charge in [-0.3, -0.25) is 0 Å². The van der Waals surface area contributed by atoms with Gasteiger partial charge in [-0.2, -0.15) is 0 Å². The fourth-order valence-corrected chi connectivity index (χ4v) is 1.85. The molecule has 0 amide bonds. The van der Waals surface area contributed by atoms with Crippen molar-refractivity contribution in [2.75, 3.05) is 0 Å². The summed E-state index contributed by atoms with van der Waals surface area (Å²) >= 11 is 0. The van der Waals surface area contributed by atoms with E-state index in [1.807, 2.05) is 0 Å². The van der Waals surface area contributed by atoms with Crippen LogP contribution in [0, 0.1) is 11.8 Å². The van der Waals surface area contributed by atoms with Crippen molar-refractivity contribution in [1.82, 2.24) is 0 Å². The molecule has 17 heavy (non-hydrogen) atoms. The van der Waals surface area contributed by atoms with Crippen molar-refractivity contribution in [2.24, 2.45) is 11.8 Å². The van der Waals surface area contributed by atoms with Crippen LogP contribution in [0.2, 0.25) is 0 Å². The van der Waals surface area contributed by atoms with Crippen molar-refractivity contribution in [3.8, 4) is 0 Å². The van der Waals surface area contributed by atoms with Gasteiger partial charge in [0.2, 0.25) is 0 Å². The zero-order valence-corrected chi connectivity index (χ0v) is 11.7. The van der Waals surface area contributed by atoms with E-state index in [0.29, 0.717) is 5.92 Å². The molecule has 0 radical (unpaired) electrons. The number of carbonyl (C=O) groups excluding carboxylic acids is 1. The van der Waals surface area contributed by atoms with Crippen LogP contribution < -0.4 is 0 Å². The van der Waals surface area contributed by atoms with E-state index in [0.717, 1.165) is 12.7 Å². The third-order valence-corrected chi connectivity index (χ3v) is 3.32. The second-order valence-corrected chi connectivity index (χ2v) is 6.20. The van der Waals surface area contributed by atoms with E-state index in [1.165, 1.54) is 11.1 Å². The Morgan fingerprint density at radius 3 is 2.00 bits per heavy atom. The lowest BCUT2D eigenvalue weighted by atomic mass is 9.85. The van der Waals surface area contributed by atoms with Crippen LogP contribution in [0.4, 0.5) is 0 Å². The molecule has 0 aliphatic rings. The largest absolute Gasteiger partial charge is 0.303 e. The molecule has 0 saturated carbocycles. The third-order valence-electron chi connectivity index (χ3n) is 3.32. The Morgan fingerprint density at radius 1 is 1.12 bits per heavy atom. The highest BCUT2D eigenvalue weighted by Crippen LogP contribution is 2.23. The van der Waals surface area contributed by atoms with Crippen molar-refractivity contribution in [2.45, 2.75) is 46.5 Å². The van der Waals surface area contributed by atoms with Crippen molar-refractivity contribution >= 4 is 6.29 Å². The molecule has 0 aliphatic heterocycles. The number of aldehydes is 1. The predicted octanol–water partition coefficient (Wildman–Crippen LogP) is 4.00. The first-order chi connectivity index (χ1) is 7.84. The molecule has 0 aromatic heterocycles. The Bertz CT molecular complexity index is 354. The van der Waals surface area contributed by atoms with E-state index in [1.54, 1.807) is 0 Å². The van der Waals surface area contributed by atoms with Gasteiger partial charge in [0.05, 0.1) is 0 Å². The summed E-state index contributed by atoms with van der Waals surface area (Å²) in [6, 6.07) is 8.66. The second-order valence-electron chi connectivity index (χ2n) is 6.20. The number of hydrogen-bond acceptors (Lipinski definition) is 1. The topological polar surface area (TPSA) is 17.1 Å². The van der Waals surface area contributed by atoms with Crippen molar-refractivity contribution in [1.29, 1.82) is 0 Å². The first kappa shape index (κ1) is 14.0. The SMILES string of the molecule is CC(C)C(C=O)Cc1ccc(C(C)(C)C)cc1. The minimum Gasteiger partial charge on any atom is -0.303 e. The molecule has 0 fully saturated rings. The maximum absolute atomic E-state index is 11.0. The maximum Gasteiger partial charge on any atom is 0.123 e. The summed E-state index contributed by atoms with van der Waals surface area (Å²) in [4.78, 5) is 11.0. The average molecular weight is 232 g/mol. The molecule has 1 aromatic rings. The van der Waals surface area contributed by atoms with E-state index in [2.05, 4.69) is 58.9 Å². The highest BCUT2D eigenvalue weighted by molar-refractivity contribution is 5.54. The van der Waals surface area contributed by atoms with Crippen LogP contribution in [-0.2, 0) is 16.6 Å². The Morgan fingerprint density at radius 2 is 1.65 bits per heavy atom. The molecule has 0 bridgehead atoms. The predicted molar refractivity (Wildman–Crippen MR) is 73.2 cm³/mol. The molecular formula is C16H24O. The lowest BCUT2D eigenvalue weighted by Gasteiger charge is -2.20. The summed E-state index contributed by atoms with van der Waals surface area (Å²) in [5.41, 5.74) is 2.79. The van der Waals surface area contributed by atoms with Crippen LogP contribution in [0.15, 0.2) is 24.3 Å². The molecule has 94 valence electrons. The van der Waals surface area contributed by atoms with Crippen molar-refractivity contribution in [3.05, 3.63) is 35.4 Å². The smallest absolute Gasteiger partial charge is 0.123 e. The number of carbonyl (C=O) groups is 1. The lowest BCUT2D eigenvalue weighted by molar-refractivity contribution is -0.112. The number of benzene rings is 1. The van der Waals surface area contributed by atoms with E-state index < -0.39 is 0 Å². The molecule has 1 rings (SSSR count). The molecule has 1 atom stereocenters. The van der Waals surface area contributed by atoms with Crippen LogP contribution >= 0.6 is 0 Å². The Hall–Kier alpha value is -1.11. The van der Waals surface area contributed by atoms with Crippen LogP contribution in [0.3, 0.4) is 0 Å². The number of hydrogen-bond donors (Lipinski definition) is 0. The zero-order valence-electron chi connectivity index (χ0n) is 11.7. The summed E-state index contributed by atoms with van der Waals surface area (Å²) in [7, 11) is 0. The van der Waals surface area contributed by atoms with Gasteiger partial charge in [0.1, 0.15) is 6.29 Å². The monoisotopic (exact) mass is 232 g/mol. The zero-order chi connectivity index (χ0) is 13.1. The summed E-state index contributed by atoms with van der Waals surface area (Å²) < 4.78 is 0. The maximum atomic E-state index is 11.0. The molecule has 1 unspecified atom stereocenters. The summed E-state index contributed by atoms with van der Waals surface area (Å²) in [5.74, 6) is 0.547. The van der Waals surface area contributed by atoms with Gasteiger partial charge in [0.15, 0.2) is 0 Å². The minimum atomic E-state index is 0.135. The summed E-state index contributed by atoms with van der Waals surface area (Å²) in [5, 5.41) is 0. The molecule has 1 aromatic carbocycles. The Kier molecular flexibility index (Phi) is 4.50. The average Bonchev–Trinajstić information content (AvgIpc) is 2.25. The van der Waals surface area contributed by atoms with Gasteiger partial charge >= 0.3 is 0 Å². The normalized spacial score (nSPS) is 13.8. The standard InChI is InChI=1S/C16H24O/c1-12(2)14(11-17)10-13-6-8-15(9-7-13)16(3,4)5/h6-9,11-12,14H,10H2,1-5H3. The Labute approximate surface area is 105 Å². The van der Waals surface area contributed by atoms with Crippen LogP contribution in [0.1, 0.15) is 45.7 Å². The fraction of sp³-hybridized carbons (Fsp3) is 0.562. The van der Waals surface area contributed by atoms with E-state index in [-0.39, 0.29) is 11.3 Å². The van der Waals surface area contributed by atoms with Gasteiger partial charge in [-0.1, -0.05) is 58.9 Å². The van der Waals surface area contributed by atoms with Gasteiger partial charge < -0.3 is 4.79 Å². The minimum absolute atomic E-state index is 0.135. The first-order valence-corrected chi connectivity index (χ1v) is 6.39. The Balaban J connectivity index is 2.78. The van der Waals surface area contributed by atoms with Gasteiger partial charge in [-0.25, -0.2) is 0 Å².